The van der Waals surface area contributed by atoms with Crippen LogP contribution in [0.4, 0.5) is 5.69 Å². The smallest absolute Gasteiger partial charge is 0.0374 e. The zero-order valence-corrected chi connectivity index (χ0v) is 9.21. The Morgan fingerprint density at radius 3 is 2.67 bits per heavy atom. The van der Waals surface area contributed by atoms with Crippen molar-refractivity contribution in [3.63, 3.8) is 0 Å². The number of fused-ring (bicyclic) bond motifs is 1. The molecule has 1 aromatic rings. The van der Waals surface area contributed by atoms with Gasteiger partial charge in [-0.15, -0.1) is 0 Å². The molecule has 80 valence electrons. The van der Waals surface area contributed by atoms with E-state index in [9.17, 15) is 0 Å². The van der Waals surface area contributed by atoms with Crippen molar-refractivity contribution in [1.82, 2.24) is 0 Å². The zero-order valence-electron chi connectivity index (χ0n) is 9.21. The SMILES string of the molecule is c1ccc2c(c1)CCC(C1CCCC1)N2. The Labute approximate surface area is 91.9 Å². The van der Waals surface area contributed by atoms with E-state index in [2.05, 4.69) is 29.6 Å². The third kappa shape index (κ3) is 1.75. The zero-order chi connectivity index (χ0) is 10.1. The molecular formula is C14H19N. The molecular weight excluding hydrogens is 182 g/mol. The Morgan fingerprint density at radius 1 is 1.00 bits per heavy atom. The van der Waals surface area contributed by atoms with Crippen LogP contribution in [-0.2, 0) is 6.42 Å². The van der Waals surface area contributed by atoms with Crippen LogP contribution in [0.5, 0.6) is 0 Å². The lowest BCUT2D eigenvalue weighted by atomic mass is 9.88. The number of rotatable bonds is 1. The maximum absolute atomic E-state index is 3.74. The van der Waals surface area contributed by atoms with Crippen molar-refractivity contribution in [2.75, 3.05) is 5.32 Å². The van der Waals surface area contributed by atoms with Crippen molar-refractivity contribution in [3.8, 4) is 0 Å². The molecule has 0 bridgehead atoms. The fourth-order valence-corrected chi connectivity index (χ4v) is 3.18. The van der Waals surface area contributed by atoms with E-state index in [-0.39, 0.29) is 0 Å². The van der Waals surface area contributed by atoms with Crippen molar-refractivity contribution in [2.45, 2.75) is 44.6 Å². The van der Waals surface area contributed by atoms with E-state index in [1.165, 1.54) is 49.8 Å². The van der Waals surface area contributed by atoms with Gasteiger partial charge in [0.05, 0.1) is 0 Å². The summed E-state index contributed by atoms with van der Waals surface area (Å²) in [5.41, 5.74) is 2.90. The molecule has 1 fully saturated rings. The summed E-state index contributed by atoms with van der Waals surface area (Å²) in [4.78, 5) is 0. The number of anilines is 1. The highest BCUT2D eigenvalue weighted by molar-refractivity contribution is 5.53. The number of hydrogen-bond acceptors (Lipinski definition) is 1. The van der Waals surface area contributed by atoms with Crippen LogP contribution < -0.4 is 5.32 Å². The second-order valence-corrected chi connectivity index (χ2v) is 4.99. The van der Waals surface area contributed by atoms with E-state index in [1.54, 1.807) is 0 Å². The Kier molecular flexibility index (Phi) is 2.40. The Hall–Kier alpha value is -0.980. The van der Waals surface area contributed by atoms with E-state index in [0.29, 0.717) is 0 Å². The lowest BCUT2D eigenvalue weighted by Gasteiger charge is -2.31. The molecule has 3 rings (SSSR count). The van der Waals surface area contributed by atoms with Gasteiger partial charge in [-0.3, -0.25) is 0 Å². The van der Waals surface area contributed by atoms with E-state index in [1.807, 2.05) is 0 Å². The minimum Gasteiger partial charge on any atom is -0.382 e. The van der Waals surface area contributed by atoms with Crippen LogP contribution in [0.2, 0.25) is 0 Å². The van der Waals surface area contributed by atoms with Gasteiger partial charge in [0.15, 0.2) is 0 Å². The van der Waals surface area contributed by atoms with Crippen molar-refractivity contribution < 1.29 is 0 Å². The van der Waals surface area contributed by atoms with Gasteiger partial charge in [-0.1, -0.05) is 31.0 Å². The monoisotopic (exact) mass is 201 g/mol. The first kappa shape index (κ1) is 9.26. The first-order valence-corrected chi connectivity index (χ1v) is 6.28. The van der Waals surface area contributed by atoms with Gasteiger partial charge in [0.1, 0.15) is 0 Å². The molecule has 1 unspecified atom stereocenters. The molecule has 2 aliphatic rings. The lowest BCUT2D eigenvalue weighted by molar-refractivity contribution is 0.426. The van der Waals surface area contributed by atoms with Gasteiger partial charge in [0.25, 0.3) is 0 Å². The van der Waals surface area contributed by atoms with Gasteiger partial charge in [-0.05, 0) is 43.2 Å². The molecule has 1 N–H and O–H groups in total. The second-order valence-electron chi connectivity index (χ2n) is 4.99. The molecule has 0 amide bonds. The molecule has 1 atom stereocenters. The Balaban J connectivity index is 1.76. The topological polar surface area (TPSA) is 12.0 Å². The van der Waals surface area contributed by atoms with Crippen molar-refractivity contribution in [2.24, 2.45) is 5.92 Å². The fraction of sp³-hybridized carbons (Fsp3) is 0.571. The summed E-state index contributed by atoms with van der Waals surface area (Å²) in [6, 6.07) is 9.53. The maximum atomic E-state index is 3.74. The summed E-state index contributed by atoms with van der Waals surface area (Å²) in [7, 11) is 0. The van der Waals surface area contributed by atoms with Gasteiger partial charge in [0, 0.05) is 11.7 Å². The number of hydrogen-bond donors (Lipinski definition) is 1. The largest absolute Gasteiger partial charge is 0.382 e. The summed E-state index contributed by atoms with van der Waals surface area (Å²) >= 11 is 0. The first-order chi connectivity index (χ1) is 7.43. The van der Waals surface area contributed by atoms with Gasteiger partial charge < -0.3 is 5.32 Å². The van der Waals surface area contributed by atoms with Crippen LogP contribution >= 0.6 is 0 Å². The predicted molar refractivity (Wildman–Crippen MR) is 64.1 cm³/mol. The molecule has 15 heavy (non-hydrogen) atoms. The van der Waals surface area contributed by atoms with Gasteiger partial charge in [0.2, 0.25) is 0 Å². The highest BCUT2D eigenvalue weighted by Crippen LogP contribution is 2.34. The van der Waals surface area contributed by atoms with E-state index in [0.717, 1.165) is 12.0 Å². The molecule has 1 saturated carbocycles. The Morgan fingerprint density at radius 2 is 1.80 bits per heavy atom. The summed E-state index contributed by atoms with van der Waals surface area (Å²) in [6.07, 6.45) is 8.39. The third-order valence-electron chi connectivity index (χ3n) is 4.05. The quantitative estimate of drug-likeness (QED) is 0.732. The molecule has 1 nitrogen and oxygen atoms in total. The highest BCUT2D eigenvalue weighted by Gasteiger charge is 2.27. The molecule has 1 heteroatoms. The van der Waals surface area contributed by atoms with Gasteiger partial charge in [-0.25, -0.2) is 0 Å². The van der Waals surface area contributed by atoms with Crippen molar-refractivity contribution >= 4 is 5.69 Å². The summed E-state index contributed by atoms with van der Waals surface area (Å²) in [5, 5.41) is 3.74. The number of para-hydroxylation sites is 1. The maximum Gasteiger partial charge on any atom is 0.0374 e. The average molecular weight is 201 g/mol. The second kappa shape index (κ2) is 3.88. The van der Waals surface area contributed by atoms with E-state index in [4.69, 9.17) is 0 Å². The lowest BCUT2D eigenvalue weighted by Crippen LogP contribution is -2.31. The first-order valence-electron chi connectivity index (χ1n) is 6.28. The molecule has 0 aromatic heterocycles. The molecule has 1 heterocycles. The standard InChI is InChI=1S/C14H19N/c1-2-6-11(5-1)14-10-9-12-7-3-4-8-13(12)15-14/h3-4,7-8,11,14-15H,1-2,5-6,9-10H2. The molecule has 1 aliphatic carbocycles. The van der Waals surface area contributed by atoms with Crippen LogP contribution in [-0.4, -0.2) is 6.04 Å². The average Bonchev–Trinajstić information content (AvgIpc) is 2.82. The van der Waals surface area contributed by atoms with E-state index < -0.39 is 0 Å². The molecule has 1 aromatic carbocycles. The molecule has 1 aliphatic heterocycles. The number of aryl methyl sites for hydroxylation is 1. The highest BCUT2D eigenvalue weighted by atomic mass is 14.9. The number of nitrogens with one attached hydrogen (secondary N) is 1. The van der Waals surface area contributed by atoms with Gasteiger partial charge >= 0.3 is 0 Å². The van der Waals surface area contributed by atoms with Crippen molar-refractivity contribution in [1.29, 1.82) is 0 Å². The number of benzene rings is 1. The Bertz CT molecular complexity index is 339. The van der Waals surface area contributed by atoms with E-state index >= 15 is 0 Å². The predicted octanol–water partition coefficient (Wildman–Crippen LogP) is 3.60. The van der Waals surface area contributed by atoms with Gasteiger partial charge in [-0.2, -0.15) is 0 Å². The van der Waals surface area contributed by atoms with Crippen molar-refractivity contribution in [3.05, 3.63) is 29.8 Å². The minimum absolute atomic E-state index is 0.752. The van der Waals surface area contributed by atoms with Crippen LogP contribution in [0.15, 0.2) is 24.3 Å². The molecule has 0 radical (unpaired) electrons. The van der Waals surface area contributed by atoms with Crippen LogP contribution in [0, 0.1) is 5.92 Å². The van der Waals surface area contributed by atoms with Crippen LogP contribution in [0.3, 0.4) is 0 Å². The van der Waals surface area contributed by atoms with Crippen LogP contribution in [0.25, 0.3) is 0 Å². The normalized spacial score (nSPS) is 26.0. The summed E-state index contributed by atoms with van der Waals surface area (Å²) in [5.74, 6) is 0.943. The molecule has 0 saturated heterocycles. The van der Waals surface area contributed by atoms with Crippen LogP contribution in [0.1, 0.15) is 37.7 Å². The summed E-state index contributed by atoms with van der Waals surface area (Å²) in [6.45, 7) is 0. The fourth-order valence-electron chi connectivity index (χ4n) is 3.18. The third-order valence-corrected chi connectivity index (χ3v) is 4.05. The molecule has 0 spiro atoms. The summed E-state index contributed by atoms with van der Waals surface area (Å²) < 4.78 is 0. The minimum atomic E-state index is 0.752.